The minimum absolute atomic E-state index is 0.319. The zero-order valence-corrected chi connectivity index (χ0v) is 17.3. The number of hydrogen-bond donors (Lipinski definition) is 4. The average molecular weight is 486 g/mol. The summed E-state index contributed by atoms with van der Waals surface area (Å²) in [6, 6.07) is 14.1. The predicted molar refractivity (Wildman–Crippen MR) is 102 cm³/mol. The average Bonchev–Trinajstić information content (AvgIpc) is 2.62. The van der Waals surface area contributed by atoms with Gasteiger partial charge < -0.3 is 0 Å². The van der Waals surface area contributed by atoms with Crippen molar-refractivity contribution in [2.24, 2.45) is 11.5 Å². The van der Waals surface area contributed by atoms with Crippen LogP contribution >= 0.6 is 0 Å². The molecule has 0 spiro atoms. The Bertz CT molecular complexity index is 685. The van der Waals surface area contributed by atoms with Gasteiger partial charge in [-0.25, -0.2) is 0 Å². The Morgan fingerprint density at radius 3 is 1.31 bits per heavy atom. The molecule has 2 aromatic carbocycles. The number of hydrogen-bond acceptors (Lipinski definition) is 4. The fraction of sp³-hybridized carbons (Fsp3) is 0.222. The second-order valence-corrected chi connectivity index (χ2v) is 12.1. The first-order valence-corrected chi connectivity index (χ1v) is 13.9. The molecule has 0 aliphatic heterocycles. The summed E-state index contributed by atoms with van der Waals surface area (Å²) in [6.45, 7) is 0. The molecule has 0 aliphatic rings. The van der Waals surface area contributed by atoms with Gasteiger partial charge in [0.2, 0.25) is 0 Å². The van der Waals surface area contributed by atoms with Crippen molar-refractivity contribution in [3.05, 3.63) is 59.7 Å². The fourth-order valence-electron chi connectivity index (χ4n) is 2.14. The Hall–Kier alpha value is -1.66. The molecule has 0 heterocycles. The number of carbonyl (C=O) groups is 2. The molecule has 2 atom stereocenters. The molecule has 6 nitrogen and oxygen atoms in total. The molecule has 6 N–H and O–H groups in total. The van der Waals surface area contributed by atoms with Crippen LogP contribution in [0.5, 0.6) is 0 Å². The fourth-order valence-corrected chi connectivity index (χ4v) is 8.10. The molecule has 0 saturated carbocycles. The van der Waals surface area contributed by atoms with Gasteiger partial charge in [-0.2, -0.15) is 0 Å². The molecule has 2 aromatic rings. The summed E-state index contributed by atoms with van der Waals surface area (Å²) in [5.41, 5.74) is 12.9. The van der Waals surface area contributed by atoms with Crippen LogP contribution in [0.1, 0.15) is 11.1 Å². The van der Waals surface area contributed by atoms with Crippen molar-refractivity contribution >= 4 is 47.1 Å². The van der Waals surface area contributed by atoms with E-state index in [1.165, 1.54) is 8.92 Å². The van der Waals surface area contributed by atoms with Crippen LogP contribution in [0.4, 0.5) is 0 Å². The molecule has 138 valence electrons. The summed E-state index contributed by atoms with van der Waals surface area (Å²) in [7, 11) is 0. The van der Waals surface area contributed by atoms with Crippen LogP contribution in [0.2, 0.25) is 0 Å². The van der Waals surface area contributed by atoms with E-state index in [-0.39, 0.29) is 0 Å². The van der Waals surface area contributed by atoms with Crippen LogP contribution in [0.3, 0.4) is 0 Å². The van der Waals surface area contributed by atoms with Crippen molar-refractivity contribution < 1.29 is 19.8 Å². The van der Waals surface area contributed by atoms with Gasteiger partial charge in [0.15, 0.2) is 0 Å². The molecule has 2 unspecified atom stereocenters. The van der Waals surface area contributed by atoms with Crippen LogP contribution < -0.4 is 20.4 Å². The number of nitrogens with two attached hydrogens (primary N) is 2. The molecular formula is C18H20N2O4Se2. The van der Waals surface area contributed by atoms with Crippen LogP contribution in [-0.4, -0.2) is 60.5 Å². The first-order chi connectivity index (χ1) is 12.3. The second kappa shape index (κ2) is 9.88. The maximum absolute atomic E-state index is 10.8. The Kier molecular flexibility index (Phi) is 7.84. The Morgan fingerprint density at radius 1 is 0.731 bits per heavy atom. The summed E-state index contributed by atoms with van der Waals surface area (Å²) in [5.74, 6) is -1.98. The van der Waals surface area contributed by atoms with Gasteiger partial charge in [-0.15, -0.1) is 0 Å². The van der Waals surface area contributed by atoms with Gasteiger partial charge >= 0.3 is 163 Å². The van der Waals surface area contributed by atoms with E-state index in [1.807, 2.05) is 48.5 Å². The molecule has 0 aliphatic carbocycles. The molecule has 0 amide bonds. The second-order valence-electron chi connectivity index (χ2n) is 5.75. The molecular weight excluding hydrogens is 466 g/mol. The number of carboxylic acids is 2. The van der Waals surface area contributed by atoms with E-state index >= 15 is 0 Å². The van der Waals surface area contributed by atoms with E-state index in [0.717, 1.165) is 11.1 Å². The number of aliphatic carboxylic acids is 2. The van der Waals surface area contributed by atoms with Gasteiger partial charge in [0.05, 0.1) is 0 Å². The maximum atomic E-state index is 10.8. The third kappa shape index (κ3) is 6.57. The predicted octanol–water partition coefficient (Wildman–Crippen LogP) is -1.13. The van der Waals surface area contributed by atoms with Crippen molar-refractivity contribution in [2.45, 2.75) is 24.9 Å². The zero-order chi connectivity index (χ0) is 19.1. The topological polar surface area (TPSA) is 127 Å². The summed E-state index contributed by atoms with van der Waals surface area (Å²) in [5, 5.41) is 17.7. The van der Waals surface area contributed by atoms with Crippen LogP contribution in [0, 0.1) is 0 Å². The van der Waals surface area contributed by atoms with Crippen molar-refractivity contribution in [2.75, 3.05) is 0 Å². The molecule has 2 rings (SSSR count). The molecule has 8 heteroatoms. The van der Waals surface area contributed by atoms with E-state index < -0.39 is 24.0 Å². The first kappa shape index (κ1) is 20.6. The molecule has 0 saturated heterocycles. The first-order valence-electron chi connectivity index (χ1n) is 7.84. The third-order valence-corrected chi connectivity index (χ3v) is 10.9. The molecule has 26 heavy (non-hydrogen) atoms. The SMILES string of the molecule is NC(Cc1ccc([Se][Se]c2ccc(CC(N)C(=O)O)cc2)cc1)C(=O)O. The van der Waals surface area contributed by atoms with E-state index in [1.54, 1.807) is 0 Å². The number of rotatable bonds is 9. The van der Waals surface area contributed by atoms with E-state index in [2.05, 4.69) is 0 Å². The van der Waals surface area contributed by atoms with E-state index in [9.17, 15) is 9.59 Å². The van der Waals surface area contributed by atoms with E-state index in [4.69, 9.17) is 21.7 Å². The van der Waals surface area contributed by atoms with Crippen molar-refractivity contribution in [3.63, 3.8) is 0 Å². The molecule has 0 fully saturated rings. The van der Waals surface area contributed by atoms with Crippen molar-refractivity contribution in [3.8, 4) is 0 Å². The van der Waals surface area contributed by atoms with Crippen LogP contribution in [-0.2, 0) is 22.4 Å². The van der Waals surface area contributed by atoms with Crippen LogP contribution in [0.25, 0.3) is 0 Å². The summed E-state index contributed by atoms with van der Waals surface area (Å²) in [4.78, 5) is 21.6. The minimum atomic E-state index is -0.991. The molecule has 0 bridgehead atoms. The molecule has 0 radical (unpaired) electrons. The van der Waals surface area contributed by atoms with Crippen LogP contribution in [0.15, 0.2) is 48.5 Å². The zero-order valence-electron chi connectivity index (χ0n) is 13.9. The quantitative estimate of drug-likeness (QED) is 0.333. The van der Waals surface area contributed by atoms with Crippen molar-refractivity contribution in [1.82, 2.24) is 0 Å². The summed E-state index contributed by atoms with van der Waals surface area (Å²) >= 11 is 0.638. The standard InChI is InChI=1S/C18H20N2O4Se2/c19-15(17(21)22)9-11-1-5-13(6-2-11)25-26-14-7-3-12(4-8-14)10-16(20)18(23)24/h1-8,15-16H,9-10,19-20H2,(H,21,22)(H,23,24). The van der Waals surface area contributed by atoms with E-state index in [0.29, 0.717) is 39.1 Å². The van der Waals surface area contributed by atoms with Gasteiger partial charge in [0.25, 0.3) is 0 Å². The molecule has 0 aromatic heterocycles. The van der Waals surface area contributed by atoms with Gasteiger partial charge in [-0.05, 0) is 0 Å². The normalized spacial score (nSPS) is 13.2. The van der Waals surface area contributed by atoms with Crippen molar-refractivity contribution in [1.29, 1.82) is 0 Å². The Balaban J connectivity index is 1.86. The monoisotopic (exact) mass is 488 g/mol. The summed E-state index contributed by atoms with van der Waals surface area (Å²) < 4.78 is 2.50. The van der Waals surface area contributed by atoms with Gasteiger partial charge in [0.1, 0.15) is 0 Å². The number of benzene rings is 2. The third-order valence-electron chi connectivity index (χ3n) is 3.63. The van der Waals surface area contributed by atoms with Gasteiger partial charge in [-0.3, -0.25) is 0 Å². The number of carboxylic acid groups (broad SMARTS) is 2. The van der Waals surface area contributed by atoms with Gasteiger partial charge in [0, 0.05) is 0 Å². The Labute approximate surface area is 162 Å². The summed E-state index contributed by atoms with van der Waals surface area (Å²) in [6.07, 6.45) is 0.654. The Morgan fingerprint density at radius 2 is 1.04 bits per heavy atom. The van der Waals surface area contributed by atoms with Gasteiger partial charge in [-0.1, -0.05) is 0 Å².